The Morgan fingerprint density at radius 3 is 3.11 bits per heavy atom. The largest absolute Gasteiger partial charge is 0.324 e. The Hall–Kier alpha value is -1.13. The van der Waals surface area contributed by atoms with Gasteiger partial charge in [-0.2, -0.15) is 0 Å². The van der Waals surface area contributed by atoms with E-state index in [9.17, 15) is 0 Å². The van der Waals surface area contributed by atoms with Crippen LogP contribution in [0.5, 0.6) is 0 Å². The zero-order chi connectivity index (χ0) is 12.7. The number of nitrogens with zero attached hydrogens (tertiary/aromatic N) is 2. The smallest absolute Gasteiger partial charge is 0.0628 e. The first-order valence-corrected chi connectivity index (χ1v) is 7.04. The first-order valence-electron chi connectivity index (χ1n) is 6.25. The summed E-state index contributed by atoms with van der Waals surface area (Å²) in [4.78, 5) is 4.13. The van der Waals surface area contributed by atoms with E-state index in [0.717, 1.165) is 23.0 Å². The molecule has 0 fully saturated rings. The zero-order valence-electron chi connectivity index (χ0n) is 10.4. The van der Waals surface area contributed by atoms with Crippen LogP contribution in [-0.2, 0) is 6.42 Å². The number of rotatable bonds is 1. The summed E-state index contributed by atoms with van der Waals surface area (Å²) >= 11 is 3.58. The lowest BCUT2D eigenvalue weighted by Crippen LogP contribution is -2.18. The summed E-state index contributed by atoms with van der Waals surface area (Å²) in [6.45, 7) is 2.14. The number of fused-ring (bicyclic) bond motifs is 1. The van der Waals surface area contributed by atoms with Crippen LogP contribution in [0.3, 0.4) is 0 Å². The van der Waals surface area contributed by atoms with E-state index >= 15 is 0 Å². The fraction of sp³-hybridized carbons (Fsp3) is 0.357. The maximum atomic E-state index is 6.21. The van der Waals surface area contributed by atoms with Crippen LogP contribution in [0.4, 0.5) is 0 Å². The maximum Gasteiger partial charge on any atom is 0.0628 e. The second kappa shape index (κ2) is 4.52. The van der Waals surface area contributed by atoms with Gasteiger partial charge in [-0.25, -0.2) is 0 Å². The van der Waals surface area contributed by atoms with Crippen molar-refractivity contribution in [3.8, 4) is 5.69 Å². The first-order chi connectivity index (χ1) is 8.68. The summed E-state index contributed by atoms with van der Waals surface area (Å²) < 4.78 is 3.32. The lowest BCUT2D eigenvalue weighted by molar-refractivity contribution is 0.559. The van der Waals surface area contributed by atoms with Gasteiger partial charge in [0.25, 0.3) is 0 Å². The number of pyridine rings is 1. The third-order valence-electron chi connectivity index (χ3n) is 3.64. The molecule has 0 bridgehead atoms. The summed E-state index contributed by atoms with van der Waals surface area (Å²) in [5, 5.41) is 0. The molecule has 1 aliphatic rings. The molecule has 0 saturated carbocycles. The van der Waals surface area contributed by atoms with E-state index in [1.54, 1.807) is 0 Å². The van der Waals surface area contributed by atoms with Gasteiger partial charge < -0.3 is 10.3 Å². The van der Waals surface area contributed by atoms with Gasteiger partial charge in [-0.1, -0.05) is 0 Å². The van der Waals surface area contributed by atoms with E-state index in [1.165, 1.54) is 23.4 Å². The Bertz CT molecular complexity index is 589. The third kappa shape index (κ3) is 1.80. The second-order valence-corrected chi connectivity index (χ2v) is 5.70. The Labute approximate surface area is 115 Å². The van der Waals surface area contributed by atoms with Crippen LogP contribution in [0.2, 0.25) is 0 Å². The van der Waals surface area contributed by atoms with Gasteiger partial charge in [0.2, 0.25) is 0 Å². The molecule has 1 atom stereocenters. The first kappa shape index (κ1) is 11.9. The van der Waals surface area contributed by atoms with Crippen LogP contribution >= 0.6 is 15.9 Å². The van der Waals surface area contributed by atoms with Gasteiger partial charge in [0.05, 0.1) is 10.2 Å². The molecule has 0 aromatic carbocycles. The minimum atomic E-state index is 0.189. The molecule has 94 valence electrons. The van der Waals surface area contributed by atoms with E-state index < -0.39 is 0 Å². The molecule has 18 heavy (non-hydrogen) atoms. The Kier molecular flexibility index (Phi) is 2.99. The molecule has 1 unspecified atom stereocenters. The number of aryl methyl sites for hydroxylation is 1. The van der Waals surface area contributed by atoms with Crippen molar-refractivity contribution < 1.29 is 0 Å². The Morgan fingerprint density at radius 1 is 1.50 bits per heavy atom. The second-order valence-electron chi connectivity index (χ2n) is 4.85. The average Bonchev–Trinajstić information content (AvgIpc) is 2.68. The van der Waals surface area contributed by atoms with E-state index in [2.05, 4.69) is 38.5 Å². The fourth-order valence-electron chi connectivity index (χ4n) is 2.82. The highest BCUT2D eigenvalue weighted by atomic mass is 79.9. The van der Waals surface area contributed by atoms with Crippen LogP contribution < -0.4 is 5.73 Å². The molecule has 3 nitrogen and oxygen atoms in total. The number of nitrogens with two attached hydrogens (primary N) is 1. The van der Waals surface area contributed by atoms with E-state index in [4.69, 9.17) is 5.73 Å². The molecule has 0 amide bonds. The summed E-state index contributed by atoms with van der Waals surface area (Å²) in [5.74, 6) is 0. The molecule has 0 saturated heterocycles. The quantitative estimate of drug-likeness (QED) is 0.878. The maximum absolute atomic E-state index is 6.21. The van der Waals surface area contributed by atoms with Crippen LogP contribution in [0.15, 0.2) is 29.0 Å². The van der Waals surface area contributed by atoms with E-state index in [-0.39, 0.29) is 6.04 Å². The highest BCUT2D eigenvalue weighted by Gasteiger charge is 2.23. The van der Waals surface area contributed by atoms with Gasteiger partial charge in [-0.15, -0.1) is 0 Å². The molecule has 3 rings (SSSR count). The third-order valence-corrected chi connectivity index (χ3v) is 4.25. The molecule has 2 heterocycles. The van der Waals surface area contributed by atoms with Crippen LogP contribution in [0.25, 0.3) is 5.69 Å². The minimum Gasteiger partial charge on any atom is -0.324 e. The van der Waals surface area contributed by atoms with Crippen LogP contribution in [0.1, 0.15) is 35.8 Å². The van der Waals surface area contributed by atoms with Crippen molar-refractivity contribution in [2.24, 2.45) is 5.73 Å². The molecule has 2 aromatic heterocycles. The summed E-state index contributed by atoms with van der Waals surface area (Å²) in [7, 11) is 0. The number of hydrogen-bond donors (Lipinski definition) is 1. The van der Waals surface area contributed by atoms with Gasteiger partial charge in [-0.3, -0.25) is 4.98 Å². The van der Waals surface area contributed by atoms with E-state index in [0.29, 0.717) is 0 Å². The molecule has 1 aliphatic carbocycles. The predicted octanol–water partition coefficient (Wildman–Crippen LogP) is 3.28. The Balaban J connectivity index is 2.22. The topological polar surface area (TPSA) is 43.8 Å². The summed E-state index contributed by atoms with van der Waals surface area (Å²) in [6.07, 6.45) is 7.03. The van der Waals surface area contributed by atoms with Crippen molar-refractivity contribution in [2.75, 3.05) is 0 Å². The van der Waals surface area contributed by atoms with Gasteiger partial charge >= 0.3 is 0 Å². The zero-order valence-corrected chi connectivity index (χ0v) is 11.9. The summed E-state index contributed by atoms with van der Waals surface area (Å²) in [6, 6.07) is 4.46. The fourth-order valence-corrected chi connectivity index (χ4v) is 3.25. The van der Waals surface area contributed by atoms with Gasteiger partial charge in [-0.05, 0) is 59.8 Å². The van der Waals surface area contributed by atoms with E-state index in [1.807, 2.05) is 18.5 Å². The molecule has 0 radical (unpaired) electrons. The van der Waals surface area contributed by atoms with Crippen molar-refractivity contribution in [3.63, 3.8) is 0 Å². The molecular formula is C14H16BrN3. The predicted molar refractivity (Wildman–Crippen MR) is 75.9 cm³/mol. The van der Waals surface area contributed by atoms with Crippen LogP contribution in [0, 0.1) is 6.92 Å². The van der Waals surface area contributed by atoms with Gasteiger partial charge in [0.15, 0.2) is 0 Å². The van der Waals surface area contributed by atoms with Crippen molar-refractivity contribution in [1.82, 2.24) is 9.55 Å². The summed E-state index contributed by atoms with van der Waals surface area (Å²) in [5.41, 5.74) is 11.3. The molecule has 4 heteroatoms. The monoisotopic (exact) mass is 305 g/mol. The minimum absolute atomic E-state index is 0.189. The molecule has 2 N–H and O–H groups in total. The van der Waals surface area contributed by atoms with Crippen molar-refractivity contribution in [1.29, 1.82) is 0 Å². The molecule has 0 spiro atoms. The number of aromatic nitrogens is 2. The standard InChI is InChI=1S/C14H16BrN3/c1-9-7-10-12(16)3-2-4-13(10)18(9)14-5-6-17-8-11(14)15/h5-8,12H,2-4,16H2,1H3. The number of halogens is 1. The molecular weight excluding hydrogens is 290 g/mol. The average molecular weight is 306 g/mol. The SMILES string of the molecule is Cc1cc2c(n1-c1ccncc1Br)CCCC2N. The van der Waals surface area contributed by atoms with Crippen molar-refractivity contribution >= 4 is 15.9 Å². The van der Waals surface area contributed by atoms with Crippen molar-refractivity contribution in [3.05, 3.63) is 46.0 Å². The molecule has 2 aromatic rings. The highest BCUT2D eigenvalue weighted by Crippen LogP contribution is 2.34. The van der Waals surface area contributed by atoms with Gasteiger partial charge in [0, 0.05) is 29.8 Å². The lowest BCUT2D eigenvalue weighted by Gasteiger charge is -2.21. The molecule has 0 aliphatic heterocycles. The Morgan fingerprint density at radius 2 is 2.33 bits per heavy atom. The highest BCUT2D eigenvalue weighted by molar-refractivity contribution is 9.10. The van der Waals surface area contributed by atoms with Crippen molar-refractivity contribution in [2.45, 2.75) is 32.2 Å². The van der Waals surface area contributed by atoms with Crippen LogP contribution in [-0.4, -0.2) is 9.55 Å². The number of hydrogen-bond acceptors (Lipinski definition) is 2. The normalized spacial score (nSPS) is 18.7. The lowest BCUT2D eigenvalue weighted by atomic mass is 9.93. The van der Waals surface area contributed by atoms with Gasteiger partial charge in [0.1, 0.15) is 0 Å².